The molecule has 2 aliphatic heterocycles. The van der Waals surface area contributed by atoms with Crippen molar-refractivity contribution in [1.82, 2.24) is 16.0 Å². The first-order valence-electron chi connectivity index (χ1n) is 31.3. The highest BCUT2D eigenvalue weighted by molar-refractivity contribution is 9.10. The molecule has 2 fully saturated rings. The molecule has 13 N–H and O–H groups in total. The van der Waals surface area contributed by atoms with E-state index in [-0.39, 0.29) is 99.2 Å². The number of hydrogen-bond acceptors (Lipinski definition) is 22. The third-order valence-electron chi connectivity index (χ3n) is 14.8. The predicted octanol–water partition coefficient (Wildman–Crippen LogP) is 7.13. The monoisotopic (exact) mass is 1630 g/mol. The molecule has 32 nitrogen and oxygen atoms in total. The van der Waals surface area contributed by atoms with Crippen LogP contribution in [0.25, 0.3) is 0 Å². The summed E-state index contributed by atoms with van der Waals surface area (Å²) in [5.74, 6) is -17.5. The molecule has 2 saturated heterocycles. The number of aliphatic carboxylic acids is 7. The first kappa shape index (κ1) is 92.3. The van der Waals surface area contributed by atoms with Gasteiger partial charge in [-0.2, -0.15) is 0 Å². The number of carbonyl (C=O) groups is 15. The molecule has 1 unspecified atom stereocenters. The maximum atomic E-state index is 12.6. The quantitative estimate of drug-likeness (QED) is 0.0257. The highest BCUT2D eigenvalue weighted by atomic mass is 79.9. The van der Waals surface area contributed by atoms with Gasteiger partial charge in [-0.05, 0) is 91.6 Å². The van der Waals surface area contributed by atoms with Crippen molar-refractivity contribution in [3.8, 4) is 0 Å². The molecule has 568 valence electrons. The van der Waals surface area contributed by atoms with E-state index in [2.05, 4.69) is 31.9 Å². The number of ketones is 3. The van der Waals surface area contributed by atoms with Crippen LogP contribution in [0.4, 0.5) is 0 Å². The van der Waals surface area contributed by atoms with Crippen molar-refractivity contribution in [3.63, 3.8) is 0 Å². The van der Waals surface area contributed by atoms with Gasteiger partial charge < -0.3 is 85.5 Å². The zero-order valence-corrected chi connectivity index (χ0v) is 61.9. The summed E-state index contributed by atoms with van der Waals surface area (Å²) in [7, 11) is -4.30. The average Bonchev–Trinajstić information content (AvgIpc) is 1.51. The topological polar surface area (TPSA) is 531 Å². The molecule has 0 radical (unpaired) electrons. The van der Waals surface area contributed by atoms with Crippen LogP contribution < -0.4 is 16.0 Å². The zero-order chi connectivity index (χ0) is 79.5. The minimum atomic E-state index is -2.74. The van der Waals surface area contributed by atoms with Gasteiger partial charge in [-0.15, -0.1) is 0 Å². The SMILES string of the molecule is CC(C)C[C@H](CC(=O)CNC(=O)c1cc(Br)ccc1Cl)B1OC(=O)C(CC(=O)O)(CC(=O)O)O1.CC(C)C[C@H](CC(=O)CNC(=O)c1cc(Cl)ccc1Cl)B(O)O.CC(C)C[C@H](CC(=O)CNC(=O)c1cc(Cl)ccc1Cl)B1OC(=O)CC(CC(=O)O)(C(=O)O)O1.O=C(O)CC(O)(CC(=O)O)C(=O)O. The Morgan fingerprint density at radius 3 is 1.26 bits per heavy atom. The van der Waals surface area contributed by atoms with E-state index in [9.17, 15) is 87.1 Å². The Morgan fingerprint density at radius 1 is 0.529 bits per heavy atom. The first-order chi connectivity index (χ1) is 48.1. The predicted molar refractivity (Wildman–Crippen MR) is 375 cm³/mol. The van der Waals surface area contributed by atoms with Crippen molar-refractivity contribution in [2.45, 2.75) is 153 Å². The van der Waals surface area contributed by atoms with Crippen molar-refractivity contribution < 1.29 is 141 Å². The summed E-state index contributed by atoms with van der Waals surface area (Å²) in [5.41, 5.74) is -6.76. The normalized spacial score (nSPS) is 15.3. The zero-order valence-electron chi connectivity index (χ0n) is 56.5. The van der Waals surface area contributed by atoms with Crippen molar-refractivity contribution in [2.75, 3.05) is 19.6 Å². The van der Waals surface area contributed by atoms with Crippen LogP contribution >= 0.6 is 73.9 Å². The number of Topliss-reactive ketones (excluding diaryl/α,β-unsaturated/α-hetero) is 3. The van der Waals surface area contributed by atoms with Crippen LogP contribution in [0.2, 0.25) is 42.6 Å². The number of halogens is 6. The van der Waals surface area contributed by atoms with Crippen LogP contribution in [0.5, 0.6) is 0 Å². The van der Waals surface area contributed by atoms with E-state index in [1.54, 1.807) is 12.1 Å². The maximum absolute atomic E-state index is 12.6. The van der Waals surface area contributed by atoms with E-state index in [1.165, 1.54) is 42.5 Å². The standard InChI is InChI=1S/C21H24BBrClNO9.C21H24BCl2NO9.C15H20BCl2NO4.C6H8O7/c1-11(2)5-12(22-33-20(32)21(34-22,8-17(27)28)9-18(29)30)6-14(26)10-25-19(31)15-7-13(23)3-4-16(15)24;1-11(2)5-12(22-33-18(29)9-21(34-22,20(31)32)8-17(27)28)6-14(26)10-25-19(30)15-7-13(23)3-4-16(15)24;1-9(2)5-10(16(22)23)6-12(20)8-19-15(21)13-7-11(17)3-4-14(13)18;7-3(8)1-6(13,5(11)12)2-4(9)10/h3-4,7,11-12H,5-6,8-10H2,1-2H3,(H,25,31)(H,27,28)(H,29,30);3-4,7,11-12H,5-6,8-10H2,1-2H3,(H,25,30)(H,27,28)(H,31,32);3-4,7,9-10,22-23H,5-6,8H2,1-2H3,(H,19,21);13H,1-2H2,(H,7,8)(H,9,10)(H,11,12)/t12-;12-,21?;10-;/m111./s1. The van der Waals surface area contributed by atoms with Crippen LogP contribution in [-0.2, 0) is 76.2 Å². The number of nitrogens with one attached hydrogen (secondary N) is 3. The Bertz CT molecular complexity index is 3610. The fourth-order valence-electron chi connectivity index (χ4n) is 10.3. The average molecular weight is 1630 g/mol. The molecule has 0 aromatic heterocycles. The van der Waals surface area contributed by atoms with Gasteiger partial charge in [0.2, 0.25) is 0 Å². The maximum Gasteiger partial charge on any atom is 0.531 e. The van der Waals surface area contributed by atoms with E-state index < -0.39 is 177 Å². The number of hydrogen-bond donors (Lipinski definition) is 13. The smallest absolute Gasteiger partial charge is 0.509 e. The van der Waals surface area contributed by atoms with Crippen molar-refractivity contribution >= 4 is 184 Å². The number of benzene rings is 3. The third-order valence-corrected chi connectivity index (χ3v) is 16.7. The molecule has 2 heterocycles. The molecule has 3 aromatic carbocycles. The molecule has 0 aliphatic carbocycles. The largest absolute Gasteiger partial charge is 0.531 e. The number of carbonyl (C=O) groups excluding carboxylic acids is 8. The summed E-state index contributed by atoms with van der Waals surface area (Å²) in [6, 6.07) is 13.5. The molecule has 41 heteroatoms. The lowest BCUT2D eigenvalue weighted by Gasteiger charge is -2.37. The first-order valence-corrected chi connectivity index (χ1v) is 34.0. The van der Waals surface area contributed by atoms with Crippen LogP contribution in [0.1, 0.15) is 150 Å². The Labute approximate surface area is 629 Å². The van der Waals surface area contributed by atoms with Crippen molar-refractivity contribution in [3.05, 3.63) is 101 Å². The van der Waals surface area contributed by atoms with Crippen molar-refractivity contribution in [2.24, 2.45) is 17.8 Å². The van der Waals surface area contributed by atoms with Crippen molar-refractivity contribution in [1.29, 1.82) is 0 Å². The Morgan fingerprint density at radius 2 is 0.904 bits per heavy atom. The number of aliphatic hydroxyl groups is 1. The summed E-state index contributed by atoms with van der Waals surface area (Å²) in [6.45, 7) is 10.4. The molecule has 4 atom stereocenters. The molecular weight excluding hydrogens is 1550 g/mol. The molecule has 0 bridgehead atoms. The molecule has 3 amide bonds. The van der Waals surface area contributed by atoms with E-state index in [0.29, 0.717) is 28.8 Å². The molecule has 5 rings (SSSR count). The molecule has 0 spiro atoms. The Hall–Kier alpha value is -7.77. The molecule has 3 aromatic rings. The van der Waals surface area contributed by atoms with Gasteiger partial charge in [-0.3, -0.25) is 62.3 Å². The number of rotatable bonds is 36. The van der Waals surface area contributed by atoms with Gasteiger partial charge in [0, 0.05) is 51.2 Å². The van der Waals surface area contributed by atoms with E-state index >= 15 is 0 Å². The van der Waals surface area contributed by atoms with Crippen LogP contribution in [0.15, 0.2) is 59.1 Å². The van der Waals surface area contributed by atoms with Gasteiger partial charge in [0.15, 0.2) is 34.2 Å². The molecular formula is C63H76B3BrCl5N3O29. The summed E-state index contributed by atoms with van der Waals surface area (Å²) >= 11 is 32.9. The second kappa shape index (κ2) is 43.0. The van der Waals surface area contributed by atoms with Crippen LogP contribution in [0, 0.1) is 17.8 Å². The van der Waals surface area contributed by atoms with Gasteiger partial charge in [-0.1, -0.05) is 115 Å². The number of carboxylic acids is 7. The lowest BCUT2D eigenvalue weighted by Crippen LogP contribution is -2.56. The van der Waals surface area contributed by atoms with Gasteiger partial charge in [0.25, 0.3) is 23.7 Å². The number of amides is 3. The Kier molecular flexibility index (Phi) is 38.2. The van der Waals surface area contributed by atoms with Gasteiger partial charge >= 0.3 is 69.1 Å². The van der Waals surface area contributed by atoms with Gasteiger partial charge in [0.1, 0.15) is 0 Å². The minimum Gasteiger partial charge on any atom is -0.509 e. The highest BCUT2D eigenvalue weighted by Gasteiger charge is 2.58. The van der Waals surface area contributed by atoms with Crippen LogP contribution in [-0.4, -0.2) is 197 Å². The molecule has 0 saturated carbocycles. The molecule has 2 aliphatic rings. The summed E-state index contributed by atoms with van der Waals surface area (Å²) in [5, 5.41) is 98.1. The second-order valence-electron chi connectivity index (χ2n) is 25.3. The van der Waals surface area contributed by atoms with Gasteiger partial charge in [0.05, 0.1) is 89.9 Å². The van der Waals surface area contributed by atoms with E-state index in [0.717, 1.165) is 0 Å². The third kappa shape index (κ3) is 31.9. The van der Waals surface area contributed by atoms with Crippen LogP contribution in [0.3, 0.4) is 0 Å². The lowest BCUT2D eigenvalue weighted by molar-refractivity contribution is -0.175. The number of carboxylic acid groups (broad SMARTS) is 7. The summed E-state index contributed by atoms with van der Waals surface area (Å²) < 4.78 is 22.1. The minimum absolute atomic E-state index is 0.000545. The van der Waals surface area contributed by atoms with E-state index in [4.69, 9.17) is 112 Å². The fourth-order valence-corrected chi connectivity index (χ4v) is 11.6. The highest BCUT2D eigenvalue weighted by Crippen LogP contribution is 2.39. The summed E-state index contributed by atoms with van der Waals surface area (Å²) in [4.78, 5) is 175. The second-order valence-corrected chi connectivity index (χ2v) is 28.3. The van der Waals surface area contributed by atoms with E-state index in [1.807, 2.05) is 41.5 Å². The lowest BCUT2D eigenvalue weighted by atomic mass is 9.63. The molecule has 104 heavy (non-hydrogen) atoms. The Balaban J connectivity index is 0.000000496. The van der Waals surface area contributed by atoms with Gasteiger partial charge in [-0.25, -0.2) is 9.59 Å². The fraction of sp³-hybridized carbons (Fsp3) is 0.476. The summed E-state index contributed by atoms with van der Waals surface area (Å²) in [6.07, 6.45) is -5.00.